The first kappa shape index (κ1) is 12.9. The minimum Gasteiger partial charge on any atom is -0.396 e. The van der Waals surface area contributed by atoms with Gasteiger partial charge in [-0.1, -0.05) is 13.3 Å². The molecular weight excluding hydrogens is 190 g/mol. The van der Waals surface area contributed by atoms with Crippen LogP contribution in [0, 0.1) is 5.92 Å². The third-order valence-corrected chi connectivity index (χ3v) is 3.16. The summed E-state index contributed by atoms with van der Waals surface area (Å²) in [7, 11) is 0. The van der Waals surface area contributed by atoms with Crippen LogP contribution in [0.25, 0.3) is 0 Å². The second-order valence-corrected chi connectivity index (χ2v) is 4.43. The van der Waals surface area contributed by atoms with Gasteiger partial charge in [0.05, 0.1) is 6.61 Å². The van der Waals surface area contributed by atoms with E-state index in [1.807, 2.05) is 0 Å². The number of aliphatic hydroxyl groups excluding tert-OH is 1. The molecule has 15 heavy (non-hydrogen) atoms. The van der Waals surface area contributed by atoms with Crippen LogP contribution in [-0.4, -0.2) is 49.5 Å². The number of aliphatic hydroxyl groups is 1. The molecule has 1 aliphatic rings. The molecule has 1 rings (SSSR count). The quantitative estimate of drug-likeness (QED) is 0.653. The minimum absolute atomic E-state index is 0.362. The van der Waals surface area contributed by atoms with Crippen LogP contribution in [-0.2, 0) is 4.74 Å². The SMILES string of the molecule is CCCCOCCN1CCC(CO)CC1. The summed E-state index contributed by atoms with van der Waals surface area (Å²) < 4.78 is 5.54. The molecule has 0 aromatic rings. The standard InChI is InChI=1S/C12H25NO2/c1-2-3-9-15-10-8-13-6-4-12(11-14)5-7-13/h12,14H,2-11H2,1H3. The fraction of sp³-hybridized carbons (Fsp3) is 1.00. The van der Waals surface area contributed by atoms with E-state index in [0.717, 1.165) is 45.7 Å². The summed E-state index contributed by atoms with van der Waals surface area (Å²) in [6, 6.07) is 0. The fourth-order valence-electron chi connectivity index (χ4n) is 1.93. The maximum absolute atomic E-state index is 9.01. The molecule has 3 heteroatoms. The Morgan fingerprint density at radius 2 is 2.00 bits per heavy atom. The van der Waals surface area contributed by atoms with Crippen molar-refractivity contribution < 1.29 is 9.84 Å². The lowest BCUT2D eigenvalue weighted by atomic mass is 9.98. The lowest BCUT2D eigenvalue weighted by Gasteiger charge is -2.30. The topological polar surface area (TPSA) is 32.7 Å². The first-order valence-electron chi connectivity index (χ1n) is 6.27. The van der Waals surface area contributed by atoms with Gasteiger partial charge in [0.1, 0.15) is 0 Å². The van der Waals surface area contributed by atoms with E-state index in [2.05, 4.69) is 11.8 Å². The normalized spacial score (nSPS) is 19.6. The van der Waals surface area contributed by atoms with Crippen LogP contribution in [0.4, 0.5) is 0 Å². The molecule has 1 heterocycles. The van der Waals surface area contributed by atoms with Gasteiger partial charge in [0, 0.05) is 19.8 Å². The Morgan fingerprint density at radius 3 is 2.60 bits per heavy atom. The summed E-state index contributed by atoms with van der Waals surface area (Å²) in [6.07, 6.45) is 4.67. The molecule has 0 saturated carbocycles. The molecule has 0 radical (unpaired) electrons. The predicted molar refractivity (Wildman–Crippen MR) is 62.0 cm³/mol. The lowest BCUT2D eigenvalue weighted by molar-refractivity contribution is 0.0773. The summed E-state index contributed by atoms with van der Waals surface area (Å²) in [4.78, 5) is 2.44. The number of likely N-dealkylation sites (tertiary alicyclic amines) is 1. The predicted octanol–water partition coefficient (Wildman–Crippen LogP) is 1.51. The molecule has 0 spiro atoms. The van der Waals surface area contributed by atoms with E-state index in [9.17, 15) is 0 Å². The summed E-state index contributed by atoms with van der Waals surface area (Å²) in [5.74, 6) is 0.544. The number of nitrogens with zero attached hydrogens (tertiary/aromatic N) is 1. The Balaban J connectivity index is 1.94. The van der Waals surface area contributed by atoms with E-state index >= 15 is 0 Å². The molecule has 0 unspecified atom stereocenters. The molecule has 0 atom stereocenters. The molecule has 1 N–H and O–H groups in total. The van der Waals surface area contributed by atoms with Crippen LogP contribution < -0.4 is 0 Å². The highest BCUT2D eigenvalue weighted by molar-refractivity contribution is 4.71. The van der Waals surface area contributed by atoms with Crippen molar-refractivity contribution in [1.82, 2.24) is 4.90 Å². The molecule has 90 valence electrons. The van der Waals surface area contributed by atoms with Crippen LogP contribution in [0.15, 0.2) is 0 Å². The maximum atomic E-state index is 9.01. The Kier molecular flexibility index (Phi) is 6.98. The van der Waals surface area contributed by atoms with Gasteiger partial charge in [0.15, 0.2) is 0 Å². The number of unbranched alkanes of at least 4 members (excludes halogenated alkanes) is 1. The fourth-order valence-corrected chi connectivity index (χ4v) is 1.93. The summed E-state index contributed by atoms with van der Waals surface area (Å²) in [5.41, 5.74) is 0. The second kappa shape index (κ2) is 8.08. The number of piperidine rings is 1. The van der Waals surface area contributed by atoms with Crippen molar-refractivity contribution in [1.29, 1.82) is 0 Å². The van der Waals surface area contributed by atoms with Crippen molar-refractivity contribution in [2.24, 2.45) is 5.92 Å². The Bertz CT molecular complexity index is 145. The molecule has 0 amide bonds. The zero-order valence-electron chi connectivity index (χ0n) is 9.95. The first-order valence-corrected chi connectivity index (χ1v) is 6.27. The van der Waals surface area contributed by atoms with Gasteiger partial charge < -0.3 is 14.7 Å². The Labute approximate surface area is 93.4 Å². The van der Waals surface area contributed by atoms with Crippen molar-refractivity contribution >= 4 is 0 Å². The van der Waals surface area contributed by atoms with Gasteiger partial charge in [-0.25, -0.2) is 0 Å². The van der Waals surface area contributed by atoms with Crippen molar-refractivity contribution in [3.8, 4) is 0 Å². The van der Waals surface area contributed by atoms with Gasteiger partial charge in [0.2, 0.25) is 0 Å². The summed E-state index contributed by atoms with van der Waals surface area (Å²) in [6.45, 7) is 7.63. The molecule has 1 aliphatic heterocycles. The van der Waals surface area contributed by atoms with E-state index in [1.165, 1.54) is 12.8 Å². The lowest BCUT2D eigenvalue weighted by Crippen LogP contribution is -2.36. The van der Waals surface area contributed by atoms with Crippen molar-refractivity contribution in [2.45, 2.75) is 32.6 Å². The number of ether oxygens (including phenoxy) is 1. The van der Waals surface area contributed by atoms with E-state index < -0.39 is 0 Å². The van der Waals surface area contributed by atoms with Gasteiger partial charge in [-0.15, -0.1) is 0 Å². The van der Waals surface area contributed by atoms with Gasteiger partial charge in [-0.05, 0) is 38.3 Å². The highest BCUT2D eigenvalue weighted by atomic mass is 16.5. The molecule has 0 aliphatic carbocycles. The van der Waals surface area contributed by atoms with Gasteiger partial charge in [-0.3, -0.25) is 0 Å². The Morgan fingerprint density at radius 1 is 1.27 bits per heavy atom. The maximum Gasteiger partial charge on any atom is 0.0593 e. The number of hydrogen-bond acceptors (Lipinski definition) is 3. The molecular formula is C12H25NO2. The highest BCUT2D eigenvalue weighted by Crippen LogP contribution is 2.15. The largest absolute Gasteiger partial charge is 0.396 e. The van der Waals surface area contributed by atoms with E-state index in [4.69, 9.17) is 9.84 Å². The zero-order chi connectivity index (χ0) is 10.9. The van der Waals surface area contributed by atoms with Gasteiger partial charge in [0.25, 0.3) is 0 Å². The van der Waals surface area contributed by atoms with E-state index in [0.29, 0.717) is 12.5 Å². The smallest absolute Gasteiger partial charge is 0.0593 e. The van der Waals surface area contributed by atoms with Crippen molar-refractivity contribution in [3.05, 3.63) is 0 Å². The van der Waals surface area contributed by atoms with Crippen LogP contribution in [0.2, 0.25) is 0 Å². The molecule has 1 fully saturated rings. The molecule has 1 saturated heterocycles. The third-order valence-electron chi connectivity index (χ3n) is 3.16. The summed E-state index contributed by atoms with van der Waals surface area (Å²) in [5, 5.41) is 9.01. The minimum atomic E-state index is 0.362. The average Bonchev–Trinajstić information content (AvgIpc) is 2.30. The van der Waals surface area contributed by atoms with Gasteiger partial charge >= 0.3 is 0 Å². The van der Waals surface area contributed by atoms with Crippen molar-refractivity contribution in [3.63, 3.8) is 0 Å². The van der Waals surface area contributed by atoms with E-state index in [1.54, 1.807) is 0 Å². The molecule has 0 bridgehead atoms. The van der Waals surface area contributed by atoms with Crippen molar-refractivity contribution in [2.75, 3.05) is 39.5 Å². The second-order valence-electron chi connectivity index (χ2n) is 4.43. The average molecular weight is 215 g/mol. The molecule has 0 aromatic carbocycles. The summed E-state index contributed by atoms with van der Waals surface area (Å²) >= 11 is 0. The van der Waals surface area contributed by atoms with Crippen LogP contribution in [0.1, 0.15) is 32.6 Å². The number of rotatable bonds is 7. The van der Waals surface area contributed by atoms with Crippen LogP contribution >= 0.6 is 0 Å². The molecule has 0 aromatic heterocycles. The monoisotopic (exact) mass is 215 g/mol. The Hall–Kier alpha value is -0.120. The van der Waals surface area contributed by atoms with E-state index in [-0.39, 0.29) is 0 Å². The first-order chi connectivity index (χ1) is 7.36. The van der Waals surface area contributed by atoms with Crippen LogP contribution in [0.3, 0.4) is 0 Å². The number of hydrogen-bond donors (Lipinski definition) is 1. The van der Waals surface area contributed by atoms with Gasteiger partial charge in [-0.2, -0.15) is 0 Å². The zero-order valence-corrected chi connectivity index (χ0v) is 9.95. The highest BCUT2D eigenvalue weighted by Gasteiger charge is 2.17. The third kappa shape index (κ3) is 5.50. The molecule has 3 nitrogen and oxygen atoms in total. The van der Waals surface area contributed by atoms with Crippen LogP contribution in [0.5, 0.6) is 0 Å².